The first-order chi connectivity index (χ1) is 14.7. The van der Waals surface area contributed by atoms with Gasteiger partial charge in [-0.2, -0.15) is 0 Å². The standard InChI is InChI=1S/C21H25N5O3S/c27-18-16-7-1-2-8-17(16)19(28)25(18)11-13-30-21-23-22-20(24-9-3-4-10-24)26(21)14-15-6-5-12-29-15/h1-2,7-8,15H,3-6,9-14H2. The Hall–Kier alpha value is -2.39. The Bertz CT molecular complexity index is 915. The van der Waals surface area contributed by atoms with Crippen LogP contribution in [0.3, 0.4) is 0 Å². The summed E-state index contributed by atoms with van der Waals surface area (Å²) < 4.78 is 8.01. The van der Waals surface area contributed by atoms with E-state index in [1.165, 1.54) is 17.7 Å². The molecule has 8 nitrogen and oxygen atoms in total. The van der Waals surface area contributed by atoms with E-state index in [4.69, 9.17) is 4.74 Å². The number of amides is 2. The number of anilines is 1. The summed E-state index contributed by atoms with van der Waals surface area (Å²) in [4.78, 5) is 28.7. The Morgan fingerprint density at radius 1 is 1.03 bits per heavy atom. The van der Waals surface area contributed by atoms with Gasteiger partial charge in [-0.3, -0.25) is 19.1 Å². The predicted octanol–water partition coefficient (Wildman–Crippen LogP) is 2.45. The number of carbonyl (C=O) groups excluding carboxylic acids is 2. The van der Waals surface area contributed by atoms with Gasteiger partial charge in [-0.25, -0.2) is 0 Å². The minimum Gasteiger partial charge on any atom is -0.376 e. The number of nitrogens with zero attached hydrogens (tertiary/aromatic N) is 5. The van der Waals surface area contributed by atoms with Crippen molar-refractivity contribution in [1.29, 1.82) is 0 Å². The monoisotopic (exact) mass is 427 g/mol. The van der Waals surface area contributed by atoms with Crippen molar-refractivity contribution in [3.63, 3.8) is 0 Å². The van der Waals surface area contributed by atoms with E-state index in [1.807, 2.05) is 0 Å². The van der Waals surface area contributed by atoms with Gasteiger partial charge in [0, 0.05) is 32.0 Å². The Morgan fingerprint density at radius 3 is 2.43 bits per heavy atom. The highest BCUT2D eigenvalue weighted by atomic mass is 32.2. The molecule has 0 saturated carbocycles. The van der Waals surface area contributed by atoms with Crippen LogP contribution in [-0.4, -0.2) is 69.6 Å². The third-order valence-corrected chi connectivity index (χ3v) is 6.87. The largest absolute Gasteiger partial charge is 0.376 e. The lowest BCUT2D eigenvalue weighted by Gasteiger charge is -2.20. The molecule has 3 aliphatic rings. The number of carbonyl (C=O) groups is 2. The minimum atomic E-state index is -0.213. The molecule has 1 aromatic carbocycles. The van der Waals surface area contributed by atoms with E-state index < -0.39 is 0 Å². The molecule has 0 spiro atoms. The summed E-state index contributed by atoms with van der Waals surface area (Å²) in [5, 5.41) is 9.73. The molecule has 2 fully saturated rings. The highest BCUT2D eigenvalue weighted by molar-refractivity contribution is 7.99. The van der Waals surface area contributed by atoms with Crippen molar-refractivity contribution in [2.75, 3.05) is 36.9 Å². The third kappa shape index (κ3) is 3.60. The topological polar surface area (TPSA) is 80.6 Å². The lowest BCUT2D eigenvalue weighted by molar-refractivity contribution is 0.0664. The summed E-state index contributed by atoms with van der Waals surface area (Å²) in [7, 11) is 0. The number of imide groups is 1. The van der Waals surface area contributed by atoms with Gasteiger partial charge >= 0.3 is 0 Å². The molecule has 5 rings (SSSR count). The first kappa shape index (κ1) is 19.6. The van der Waals surface area contributed by atoms with Gasteiger partial charge in [-0.15, -0.1) is 10.2 Å². The average Bonchev–Trinajstić information content (AvgIpc) is 3.55. The lowest BCUT2D eigenvalue weighted by atomic mass is 10.1. The first-order valence-electron chi connectivity index (χ1n) is 10.6. The fourth-order valence-corrected chi connectivity index (χ4v) is 5.23. The van der Waals surface area contributed by atoms with Gasteiger partial charge in [0.05, 0.1) is 23.8 Å². The zero-order valence-corrected chi connectivity index (χ0v) is 17.6. The van der Waals surface area contributed by atoms with Crippen LogP contribution >= 0.6 is 11.8 Å². The number of ether oxygens (including phenoxy) is 1. The summed E-state index contributed by atoms with van der Waals surface area (Å²) in [5.74, 6) is 1.06. The van der Waals surface area contributed by atoms with Crippen LogP contribution in [0.5, 0.6) is 0 Å². The van der Waals surface area contributed by atoms with Crippen molar-refractivity contribution < 1.29 is 14.3 Å². The van der Waals surface area contributed by atoms with Gasteiger partial charge in [0.15, 0.2) is 5.16 Å². The van der Waals surface area contributed by atoms with E-state index in [1.54, 1.807) is 36.0 Å². The van der Waals surface area contributed by atoms with E-state index in [-0.39, 0.29) is 17.9 Å². The summed E-state index contributed by atoms with van der Waals surface area (Å²) in [6.45, 7) is 3.91. The molecule has 3 aliphatic heterocycles. The zero-order valence-electron chi connectivity index (χ0n) is 16.8. The van der Waals surface area contributed by atoms with Gasteiger partial charge in [0.1, 0.15) is 0 Å². The minimum absolute atomic E-state index is 0.193. The van der Waals surface area contributed by atoms with Crippen molar-refractivity contribution in [3.05, 3.63) is 35.4 Å². The molecule has 2 amide bonds. The Morgan fingerprint density at radius 2 is 1.77 bits per heavy atom. The van der Waals surface area contributed by atoms with Gasteiger partial charge in [0.25, 0.3) is 11.8 Å². The summed E-state index contributed by atoms with van der Waals surface area (Å²) in [6.07, 6.45) is 4.69. The molecule has 2 aromatic rings. The van der Waals surface area contributed by atoms with Crippen LogP contribution < -0.4 is 4.90 Å². The molecular formula is C21H25N5O3S. The van der Waals surface area contributed by atoms with E-state index in [0.717, 1.165) is 50.2 Å². The number of rotatable bonds is 7. The van der Waals surface area contributed by atoms with Crippen molar-refractivity contribution in [2.24, 2.45) is 0 Å². The van der Waals surface area contributed by atoms with E-state index >= 15 is 0 Å². The summed E-state index contributed by atoms with van der Waals surface area (Å²) in [5.41, 5.74) is 0.982. The van der Waals surface area contributed by atoms with Crippen molar-refractivity contribution in [2.45, 2.75) is 43.5 Å². The maximum atomic E-state index is 12.6. The maximum absolute atomic E-state index is 12.6. The Balaban J connectivity index is 1.28. The Kier molecular flexibility index (Phi) is 5.47. The average molecular weight is 428 g/mol. The normalized spacial score (nSPS) is 21.1. The molecule has 0 bridgehead atoms. The summed E-state index contributed by atoms with van der Waals surface area (Å²) >= 11 is 1.54. The lowest BCUT2D eigenvalue weighted by Crippen LogP contribution is -2.32. The van der Waals surface area contributed by atoms with Crippen LogP contribution in [0.4, 0.5) is 5.95 Å². The van der Waals surface area contributed by atoms with E-state index in [2.05, 4.69) is 19.7 Å². The smallest absolute Gasteiger partial charge is 0.261 e. The van der Waals surface area contributed by atoms with E-state index in [9.17, 15) is 9.59 Å². The van der Waals surface area contributed by atoms with Crippen molar-refractivity contribution in [1.82, 2.24) is 19.7 Å². The molecule has 1 atom stereocenters. The van der Waals surface area contributed by atoms with Crippen LogP contribution in [0.15, 0.2) is 29.4 Å². The number of thioether (sulfide) groups is 1. The second-order valence-corrected chi connectivity index (χ2v) is 8.94. The van der Waals surface area contributed by atoms with Crippen LogP contribution in [-0.2, 0) is 11.3 Å². The highest BCUT2D eigenvalue weighted by Gasteiger charge is 2.35. The number of benzene rings is 1. The number of hydrogen-bond acceptors (Lipinski definition) is 7. The predicted molar refractivity (Wildman–Crippen MR) is 113 cm³/mol. The molecule has 0 radical (unpaired) electrons. The fourth-order valence-electron chi connectivity index (χ4n) is 4.36. The van der Waals surface area contributed by atoms with Gasteiger partial charge < -0.3 is 9.64 Å². The first-order valence-corrected chi connectivity index (χ1v) is 11.6. The quantitative estimate of drug-likeness (QED) is 0.496. The highest BCUT2D eigenvalue weighted by Crippen LogP contribution is 2.28. The molecule has 1 unspecified atom stereocenters. The van der Waals surface area contributed by atoms with Crippen molar-refractivity contribution in [3.8, 4) is 0 Å². The van der Waals surface area contributed by atoms with Crippen LogP contribution in [0.25, 0.3) is 0 Å². The zero-order chi connectivity index (χ0) is 20.5. The third-order valence-electron chi connectivity index (χ3n) is 5.92. The molecule has 0 aliphatic carbocycles. The molecule has 2 saturated heterocycles. The Labute approximate surface area is 179 Å². The molecular weight excluding hydrogens is 402 g/mol. The second-order valence-electron chi connectivity index (χ2n) is 7.88. The number of hydrogen-bond donors (Lipinski definition) is 0. The van der Waals surface area contributed by atoms with Gasteiger partial charge in [-0.1, -0.05) is 23.9 Å². The maximum Gasteiger partial charge on any atom is 0.261 e. The van der Waals surface area contributed by atoms with Crippen LogP contribution in [0.2, 0.25) is 0 Å². The van der Waals surface area contributed by atoms with Crippen LogP contribution in [0.1, 0.15) is 46.4 Å². The molecule has 4 heterocycles. The van der Waals surface area contributed by atoms with Crippen molar-refractivity contribution >= 4 is 29.5 Å². The van der Waals surface area contributed by atoms with Gasteiger partial charge in [0.2, 0.25) is 5.95 Å². The molecule has 0 N–H and O–H groups in total. The summed E-state index contributed by atoms with van der Waals surface area (Å²) in [6, 6.07) is 7.00. The second kappa shape index (κ2) is 8.39. The van der Waals surface area contributed by atoms with Crippen LogP contribution in [0, 0.1) is 0 Å². The molecule has 158 valence electrons. The number of fused-ring (bicyclic) bond motifs is 1. The van der Waals surface area contributed by atoms with Gasteiger partial charge in [-0.05, 0) is 37.8 Å². The SMILES string of the molecule is O=C1c2ccccc2C(=O)N1CCSc1nnc(N2CCCC2)n1CC1CCCO1. The molecule has 30 heavy (non-hydrogen) atoms. The number of aromatic nitrogens is 3. The van der Waals surface area contributed by atoms with E-state index in [0.29, 0.717) is 23.4 Å². The molecule has 1 aromatic heterocycles. The fraction of sp³-hybridized carbons (Fsp3) is 0.524. The molecule has 9 heteroatoms.